The van der Waals surface area contributed by atoms with Crippen LogP contribution in [0, 0.1) is 0 Å². The van der Waals surface area contributed by atoms with E-state index in [1.165, 1.54) is 25.0 Å². The van der Waals surface area contributed by atoms with Crippen LogP contribution in [-0.2, 0) is 33.1 Å². The molecular formula is C32H38O6S2. The van der Waals surface area contributed by atoms with Crippen LogP contribution >= 0.6 is 0 Å². The average Bonchev–Trinajstić information content (AvgIpc) is 2.96. The predicted octanol–water partition coefficient (Wildman–Crippen LogP) is 7.83. The molecule has 0 radical (unpaired) electrons. The Hall–Kier alpha value is -2.42. The van der Waals surface area contributed by atoms with Gasteiger partial charge in [0.05, 0.1) is 4.90 Å². The highest BCUT2D eigenvalue weighted by Gasteiger charge is 2.35. The second kappa shape index (κ2) is 11.1. The highest BCUT2D eigenvalue weighted by atomic mass is 32.2. The van der Waals surface area contributed by atoms with Crippen LogP contribution in [0.15, 0.2) is 52.3 Å². The lowest BCUT2D eigenvalue weighted by molar-refractivity contribution is 0.421. The lowest BCUT2D eigenvalue weighted by Crippen LogP contribution is -2.21. The molecule has 0 aromatic heterocycles. The Balaban J connectivity index is 1.55. The van der Waals surface area contributed by atoms with Crippen molar-refractivity contribution >= 4 is 31.0 Å². The third kappa shape index (κ3) is 5.30. The van der Waals surface area contributed by atoms with Gasteiger partial charge in [0.25, 0.3) is 10.1 Å². The smallest absolute Gasteiger partial charge is 0.339 e. The van der Waals surface area contributed by atoms with Gasteiger partial charge in [-0.25, -0.2) is 0 Å². The van der Waals surface area contributed by atoms with Crippen LogP contribution in [0.2, 0.25) is 0 Å². The first-order valence-corrected chi connectivity index (χ1v) is 17.7. The molecular weight excluding hydrogens is 544 g/mol. The lowest BCUT2D eigenvalue weighted by Gasteiger charge is -2.31. The van der Waals surface area contributed by atoms with Crippen LogP contribution in [0.3, 0.4) is 0 Å². The van der Waals surface area contributed by atoms with Gasteiger partial charge >= 0.3 is 10.1 Å². The Bertz CT molecular complexity index is 1630. The van der Waals surface area contributed by atoms with Crippen molar-refractivity contribution in [3.8, 4) is 5.75 Å². The van der Waals surface area contributed by atoms with E-state index in [4.69, 9.17) is 4.18 Å². The summed E-state index contributed by atoms with van der Waals surface area (Å²) < 4.78 is 69.1. The minimum atomic E-state index is -4.43. The lowest BCUT2D eigenvalue weighted by atomic mass is 9.78. The van der Waals surface area contributed by atoms with E-state index in [-0.39, 0.29) is 22.5 Å². The summed E-state index contributed by atoms with van der Waals surface area (Å²) in [5, 5.41) is 2.07. The molecule has 2 saturated carbocycles. The van der Waals surface area contributed by atoms with E-state index < -0.39 is 20.2 Å². The molecule has 0 spiro atoms. The number of rotatable bonds is 6. The van der Waals surface area contributed by atoms with Crippen LogP contribution < -0.4 is 4.18 Å². The van der Waals surface area contributed by atoms with E-state index in [1.807, 2.05) is 18.2 Å². The molecule has 3 aromatic carbocycles. The molecule has 0 unspecified atom stereocenters. The summed E-state index contributed by atoms with van der Waals surface area (Å²) in [5.74, 6) is 0.482. The maximum absolute atomic E-state index is 14.6. The van der Waals surface area contributed by atoms with Gasteiger partial charge in [-0.2, -0.15) is 16.8 Å². The van der Waals surface area contributed by atoms with E-state index in [1.54, 1.807) is 0 Å². The molecule has 3 aliphatic rings. The Morgan fingerprint density at radius 1 is 0.700 bits per heavy atom. The van der Waals surface area contributed by atoms with Gasteiger partial charge in [0.2, 0.25) is 0 Å². The molecule has 1 N–H and O–H groups in total. The van der Waals surface area contributed by atoms with Gasteiger partial charge in [-0.3, -0.25) is 4.55 Å². The van der Waals surface area contributed by atoms with Gasteiger partial charge in [0.1, 0.15) is 10.6 Å². The maximum atomic E-state index is 14.6. The minimum Gasteiger partial charge on any atom is -0.379 e. The van der Waals surface area contributed by atoms with Crippen molar-refractivity contribution < 1.29 is 25.6 Å². The van der Waals surface area contributed by atoms with Crippen molar-refractivity contribution in [3.05, 3.63) is 64.7 Å². The van der Waals surface area contributed by atoms with Gasteiger partial charge in [-0.1, -0.05) is 62.8 Å². The fourth-order valence-corrected chi connectivity index (χ4v) is 9.77. The molecule has 6 nitrogen and oxygen atoms in total. The van der Waals surface area contributed by atoms with Crippen LogP contribution in [0.4, 0.5) is 0 Å². The summed E-state index contributed by atoms with van der Waals surface area (Å²) in [6.45, 7) is 0. The highest BCUT2D eigenvalue weighted by molar-refractivity contribution is 7.87. The number of hydrogen-bond acceptors (Lipinski definition) is 5. The summed E-state index contributed by atoms with van der Waals surface area (Å²) in [5.41, 5.74) is 2.83. The first-order chi connectivity index (χ1) is 19.2. The van der Waals surface area contributed by atoms with Crippen molar-refractivity contribution in [2.24, 2.45) is 0 Å². The fraction of sp³-hybridized carbons (Fsp3) is 0.500. The van der Waals surface area contributed by atoms with E-state index in [0.29, 0.717) is 28.9 Å². The van der Waals surface area contributed by atoms with E-state index in [9.17, 15) is 21.4 Å². The number of benzene rings is 3. The third-order valence-corrected chi connectivity index (χ3v) is 11.6. The Morgan fingerprint density at radius 3 is 2.00 bits per heavy atom. The quantitative estimate of drug-likeness (QED) is 0.235. The molecule has 0 atom stereocenters. The predicted molar refractivity (Wildman–Crippen MR) is 156 cm³/mol. The van der Waals surface area contributed by atoms with Crippen molar-refractivity contribution in [3.63, 3.8) is 0 Å². The summed E-state index contributed by atoms with van der Waals surface area (Å²) >= 11 is 0. The fourth-order valence-electron chi connectivity index (χ4n) is 7.45. The second-order valence-corrected chi connectivity index (χ2v) is 14.7. The summed E-state index contributed by atoms with van der Waals surface area (Å²) in [4.78, 5) is 0.192. The molecule has 0 saturated heterocycles. The maximum Gasteiger partial charge on any atom is 0.339 e. The Kier molecular flexibility index (Phi) is 7.70. The Labute approximate surface area is 238 Å². The minimum absolute atomic E-state index is 0.145. The molecule has 6 rings (SSSR count). The molecule has 8 heteroatoms. The topological polar surface area (TPSA) is 97.7 Å². The molecule has 214 valence electrons. The van der Waals surface area contributed by atoms with E-state index in [0.717, 1.165) is 86.1 Å². The highest BCUT2D eigenvalue weighted by Crippen LogP contribution is 2.47. The zero-order valence-corrected chi connectivity index (χ0v) is 24.5. The molecule has 0 amide bonds. The molecule has 0 aliphatic heterocycles. The summed E-state index contributed by atoms with van der Waals surface area (Å²) in [7, 11) is -8.69. The molecule has 0 heterocycles. The second-order valence-electron chi connectivity index (χ2n) is 11.8. The zero-order chi connectivity index (χ0) is 27.9. The van der Waals surface area contributed by atoms with Crippen molar-refractivity contribution in [2.45, 2.75) is 112 Å². The normalized spacial score (nSPS) is 19.4. The monoisotopic (exact) mass is 582 g/mol. The van der Waals surface area contributed by atoms with Gasteiger partial charge < -0.3 is 4.18 Å². The molecule has 40 heavy (non-hydrogen) atoms. The zero-order valence-electron chi connectivity index (χ0n) is 22.9. The Morgan fingerprint density at radius 2 is 1.32 bits per heavy atom. The van der Waals surface area contributed by atoms with Gasteiger partial charge in [0.15, 0.2) is 0 Å². The molecule has 2 fully saturated rings. The first kappa shape index (κ1) is 27.7. The number of hydrogen-bond donors (Lipinski definition) is 1. The van der Waals surface area contributed by atoms with Crippen LogP contribution in [-0.4, -0.2) is 21.4 Å². The van der Waals surface area contributed by atoms with Gasteiger partial charge in [0, 0.05) is 5.56 Å². The standard InChI is InChI=1S/C32H38O6S2/c33-39(34,35)30-20-19-29(26-17-9-10-18-27(26)30)38-40(36,37)32-28(22-11-3-1-4-12-22)21-24-15-7-8-16-25(24)31(32)23-13-5-2-6-14-23/h7-8,15-16,19-23H,1-6,9-14,17-18H2,(H,33,34,35). The molecule has 3 aliphatic carbocycles. The van der Waals surface area contributed by atoms with Crippen LogP contribution in [0.5, 0.6) is 5.75 Å². The largest absolute Gasteiger partial charge is 0.379 e. The molecule has 3 aromatic rings. The van der Waals surface area contributed by atoms with Crippen LogP contribution in [0.25, 0.3) is 10.8 Å². The third-order valence-electron chi connectivity index (χ3n) is 9.30. The summed E-state index contributed by atoms with van der Waals surface area (Å²) in [6.07, 6.45) is 13.0. The van der Waals surface area contributed by atoms with E-state index in [2.05, 4.69) is 12.1 Å². The van der Waals surface area contributed by atoms with Gasteiger partial charge in [-0.15, -0.1) is 0 Å². The van der Waals surface area contributed by atoms with Crippen LogP contribution in [0.1, 0.15) is 111 Å². The van der Waals surface area contributed by atoms with Crippen molar-refractivity contribution in [1.82, 2.24) is 0 Å². The molecule has 0 bridgehead atoms. The first-order valence-electron chi connectivity index (χ1n) is 14.9. The van der Waals surface area contributed by atoms with Gasteiger partial charge in [-0.05, 0) is 109 Å². The van der Waals surface area contributed by atoms with Crippen molar-refractivity contribution in [1.29, 1.82) is 0 Å². The van der Waals surface area contributed by atoms with E-state index >= 15 is 0 Å². The average molecular weight is 583 g/mol. The van der Waals surface area contributed by atoms with Crippen molar-refractivity contribution in [2.75, 3.05) is 0 Å². The SMILES string of the molecule is O=S(=O)(O)c1ccc(OS(=O)(=O)c2c(C3CCCCC3)cc3ccccc3c2C2CCCCC2)c2c1CCCC2. The number of fused-ring (bicyclic) bond motifs is 2. The summed E-state index contributed by atoms with van der Waals surface area (Å²) in [6, 6.07) is 12.9.